The first-order valence-electron chi connectivity index (χ1n) is 8.03. The molecule has 3 fully saturated rings. The molecule has 3 rings (SSSR count). The summed E-state index contributed by atoms with van der Waals surface area (Å²) < 4.78 is 5.65. The summed E-state index contributed by atoms with van der Waals surface area (Å²) in [6.07, 6.45) is 5.38. The molecule has 1 N–H and O–H groups in total. The Bertz CT molecular complexity index is 452. The minimum Gasteiger partial charge on any atom is -0.481 e. The van der Waals surface area contributed by atoms with Crippen molar-refractivity contribution in [3.63, 3.8) is 0 Å². The zero-order valence-electron chi connectivity index (χ0n) is 12.7. The second-order valence-electron chi connectivity index (χ2n) is 6.95. The van der Waals surface area contributed by atoms with Crippen molar-refractivity contribution in [2.75, 3.05) is 0 Å². The minimum atomic E-state index is -1.11. The normalized spacial score (nSPS) is 39.8. The van der Waals surface area contributed by atoms with Crippen molar-refractivity contribution < 1.29 is 19.4 Å². The summed E-state index contributed by atoms with van der Waals surface area (Å²) in [5.41, 5.74) is -0.507. The van der Waals surface area contributed by atoms with E-state index in [9.17, 15) is 9.59 Å². The maximum atomic E-state index is 11.8. The molecule has 118 valence electrons. The molecule has 2 aliphatic heterocycles. The lowest BCUT2D eigenvalue weighted by Crippen LogP contribution is -2.47. The van der Waals surface area contributed by atoms with Crippen LogP contribution in [0.1, 0.15) is 52.4 Å². The topological polar surface area (TPSA) is 63.6 Å². The number of carbonyl (C=O) groups is 2. The van der Waals surface area contributed by atoms with Crippen LogP contribution in [-0.4, -0.2) is 33.1 Å². The number of rotatable bonds is 5. The van der Waals surface area contributed by atoms with Gasteiger partial charge in [0.25, 0.3) is 0 Å². The van der Waals surface area contributed by atoms with Crippen LogP contribution in [0.25, 0.3) is 0 Å². The molecule has 5 heteroatoms. The number of hydrogen-bond acceptors (Lipinski definition) is 4. The van der Waals surface area contributed by atoms with Crippen molar-refractivity contribution in [2.45, 2.75) is 68.5 Å². The smallest absolute Gasteiger partial charge is 0.317 e. The number of fused-ring (bicyclic) bond motifs is 5. The number of thioether (sulfide) groups is 1. The van der Waals surface area contributed by atoms with Gasteiger partial charge in [0.2, 0.25) is 0 Å². The molecule has 2 heterocycles. The van der Waals surface area contributed by atoms with Crippen LogP contribution < -0.4 is 0 Å². The van der Waals surface area contributed by atoms with E-state index in [1.807, 2.05) is 13.8 Å². The molecule has 1 saturated carbocycles. The van der Waals surface area contributed by atoms with Crippen molar-refractivity contribution in [2.24, 2.45) is 17.8 Å². The first-order valence-corrected chi connectivity index (χ1v) is 8.98. The van der Waals surface area contributed by atoms with E-state index in [-0.39, 0.29) is 0 Å². The zero-order chi connectivity index (χ0) is 15.2. The fraction of sp³-hybridized carbons (Fsp3) is 0.875. The monoisotopic (exact) mass is 312 g/mol. The molecular formula is C16H24O4S. The summed E-state index contributed by atoms with van der Waals surface area (Å²) >= 11 is 2.11. The summed E-state index contributed by atoms with van der Waals surface area (Å²) in [5.74, 6) is 0.351. The second-order valence-corrected chi connectivity index (χ2v) is 8.37. The third-order valence-electron chi connectivity index (χ3n) is 5.87. The van der Waals surface area contributed by atoms with E-state index in [1.54, 1.807) is 0 Å². The first-order chi connectivity index (χ1) is 9.94. The predicted octanol–water partition coefficient (Wildman–Crippen LogP) is 3.09. The average Bonchev–Trinajstić information content (AvgIpc) is 3.09. The highest BCUT2D eigenvalue weighted by Gasteiger charge is 2.59. The lowest BCUT2D eigenvalue weighted by molar-refractivity contribution is -0.169. The van der Waals surface area contributed by atoms with Crippen LogP contribution in [0.4, 0.5) is 0 Å². The Kier molecular flexibility index (Phi) is 3.97. The van der Waals surface area contributed by atoms with Gasteiger partial charge in [0.1, 0.15) is 12.0 Å². The first kappa shape index (κ1) is 15.2. The van der Waals surface area contributed by atoms with Gasteiger partial charge in [-0.1, -0.05) is 13.3 Å². The SMILES string of the molecule is CCC(C)(OC(=O)CC(=O)O)C1CC2SC1C1CCCC21. The van der Waals surface area contributed by atoms with Gasteiger partial charge in [-0.05, 0) is 44.4 Å². The Morgan fingerprint density at radius 2 is 2.05 bits per heavy atom. The van der Waals surface area contributed by atoms with E-state index in [0.717, 1.165) is 29.9 Å². The van der Waals surface area contributed by atoms with Crippen LogP contribution in [0.5, 0.6) is 0 Å². The number of carbonyl (C=O) groups excluding carboxylic acids is 1. The predicted molar refractivity (Wildman–Crippen MR) is 81.1 cm³/mol. The van der Waals surface area contributed by atoms with E-state index in [1.165, 1.54) is 19.3 Å². The number of carboxylic acid groups (broad SMARTS) is 1. The Labute approximate surface area is 130 Å². The van der Waals surface area contributed by atoms with E-state index in [2.05, 4.69) is 11.8 Å². The number of ether oxygens (including phenoxy) is 1. The quantitative estimate of drug-likeness (QED) is 0.624. The highest BCUT2D eigenvalue weighted by molar-refractivity contribution is 8.01. The molecule has 0 spiro atoms. The molecule has 0 amide bonds. The van der Waals surface area contributed by atoms with E-state index in [0.29, 0.717) is 11.2 Å². The maximum absolute atomic E-state index is 11.8. The molecule has 0 aromatic rings. The summed E-state index contributed by atoms with van der Waals surface area (Å²) in [6, 6.07) is 0. The molecule has 3 aliphatic rings. The maximum Gasteiger partial charge on any atom is 0.317 e. The number of hydrogen-bond donors (Lipinski definition) is 1. The van der Waals surface area contributed by atoms with Crippen LogP contribution in [0, 0.1) is 17.8 Å². The summed E-state index contributed by atoms with van der Waals surface area (Å²) in [7, 11) is 0. The molecule has 0 aromatic carbocycles. The van der Waals surface area contributed by atoms with Gasteiger partial charge in [-0.2, -0.15) is 11.8 Å². The van der Waals surface area contributed by atoms with Crippen molar-refractivity contribution in [1.82, 2.24) is 0 Å². The zero-order valence-corrected chi connectivity index (χ0v) is 13.5. The van der Waals surface area contributed by atoms with Crippen LogP contribution in [-0.2, 0) is 14.3 Å². The third-order valence-corrected chi connectivity index (χ3v) is 7.75. The molecule has 0 aromatic heterocycles. The van der Waals surface area contributed by atoms with Crippen molar-refractivity contribution in [1.29, 1.82) is 0 Å². The molecule has 0 radical (unpaired) electrons. The summed E-state index contributed by atoms with van der Waals surface area (Å²) in [6.45, 7) is 4.04. The highest BCUT2D eigenvalue weighted by atomic mass is 32.2. The number of esters is 1. The molecule has 21 heavy (non-hydrogen) atoms. The van der Waals surface area contributed by atoms with E-state index in [4.69, 9.17) is 9.84 Å². The van der Waals surface area contributed by atoms with Crippen LogP contribution in [0.15, 0.2) is 0 Å². The van der Waals surface area contributed by atoms with Crippen molar-refractivity contribution in [3.8, 4) is 0 Å². The largest absolute Gasteiger partial charge is 0.481 e. The van der Waals surface area contributed by atoms with E-state index >= 15 is 0 Å². The molecule has 1 aliphatic carbocycles. The van der Waals surface area contributed by atoms with Gasteiger partial charge in [-0.25, -0.2) is 0 Å². The van der Waals surface area contributed by atoms with Crippen molar-refractivity contribution in [3.05, 3.63) is 0 Å². The Morgan fingerprint density at radius 3 is 2.71 bits per heavy atom. The molecule has 2 bridgehead atoms. The van der Waals surface area contributed by atoms with Gasteiger partial charge in [-0.3, -0.25) is 9.59 Å². The fourth-order valence-electron chi connectivity index (χ4n) is 4.72. The molecule has 2 saturated heterocycles. The van der Waals surface area contributed by atoms with Crippen molar-refractivity contribution >= 4 is 23.7 Å². The second kappa shape index (κ2) is 5.49. The molecule has 6 atom stereocenters. The summed E-state index contributed by atoms with van der Waals surface area (Å²) in [4.78, 5) is 22.5. The average molecular weight is 312 g/mol. The van der Waals surface area contributed by atoms with Gasteiger partial charge in [0.15, 0.2) is 0 Å². The lowest BCUT2D eigenvalue weighted by Gasteiger charge is -2.41. The molecule has 4 nitrogen and oxygen atoms in total. The van der Waals surface area contributed by atoms with Gasteiger partial charge in [-0.15, -0.1) is 0 Å². The Morgan fingerprint density at radius 1 is 1.33 bits per heavy atom. The number of carboxylic acids is 1. The molecular weight excluding hydrogens is 288 g/mol. The molecule has 6 unspecified atom stereocenters. The summed E-state index contributed by atoms with van der Waals surface area (Å²) in [5, 5.41) is 10.1. The van der Waals surface area contributed by atoms with E-state index < -0.39 is 24.0 Å². The Balaban J connectivity index is 1.71. The van der Waals surface area contributed by atoms with Crippen LogP contribution >= 0.6 is 11.8 Å². The minimum absolute atomic E-state index is 0.384. The fourth-order valence-corrected chi connectivity index (χ4v) is 7.12. The Hall–Kier alpha value is -0.710. The lowest BCUT2D eigenvalue weighted by atomic mass is 9.69. The highest BCUT2D eigenvalue weighted by Crippen LogP contribution is 2.63. The van der Waals surface area contributed by atoms with Gasteiger partial charge in [0.05, 0.1) is 0 Å². The van der Waals surface area contributed by atoms with Gasteiger partial charge >= 0.3 is 11.9 Å². The third kappa shape index (κ3) is 2.58. The van der Waals surface area contributed by atoms with Gasteiger partial charge in [0, 0.05) is 16.4 Å². The van der Waals surface area contributed by atoms with Crippen LogP contribution in [0.3, 0.4) is 0 Å². The number of aliphatic carboxylic acids is 1. The standard InChI is InChI=1S/C16H24O4S/c1-3-16(2,20-14(19)8-13(17)18)11-7-12-9-5-4-6-10(9)15(11)21-12/h9-12,15H,3-8H2,1-2H3,(H,17,18). The van der Waals surface area contributed by atoms with Gasteiger partial charge < -0.3 is 9.84 Å². The van der Waals surface area contributed by atoms with Crippen LogP contribution in [0.2, 0.25) is 0 Å².